The highest BCUT2D eigenvalue weighted by Gasteiger charge is 2.44. The molecule has 1 aromatic rings. The average Bonchev–Trinajstić information content (AvgIpc) is 3.04. The smallest absolute Gasteiger partial charge is 0.404 e. The minimum Gasteiger partial charge on any atom is -0.404 e. The van der Waals surface area contributed by atoms with Crippen LogP contribution >= 0.6 is 0 Å². The van der Waals surface area contributed by atoms with E-state index in [4.69, 9.17) is 18.9 Å². The molecular formula is C13H13NO7. The lowest BCUT2D eigenvalue weighted by atomic mass is 10.0. The summed E-state index contributed by atoms with van der Waals surface area (Å²) in [4.78, 5) is 21.7. The molecule has 1 aromatic carbocycles. The van der Waals surface area contributed by atoms with Crippen LogP contribution in [0.5, 0.6) is 5.75 Å². The molecule has 3 rings (SSSR count). The normalized spacial score (nSPS) is 27.1. The Bertz CT molecular complexity index is 544. The van der Waals surface area contributed by atoms with Crippen molar-refractivity contribution in [3.05, 3.63) is 34.4 Å². The minimum atomic E-state index is -0.901. The van der Waals surface area contributed by atoms with Crippen LogP contribution in [-0.4, -0.2) is 36.7 Å². The zero-order valence-corrected chi connectivity index (χ0v) is 11.0. The first-order valence-corrected chi connectivity index (χ1v) is 6.49. The molecule has 21 heavy (non-hydrogen) atoms. The SMILES string of the molecule is O=C(Oc1ccc([N+](=O)[O-])cc1)O[C@@H]1OC[C@@H]2OCC[C@H]12. The highest BCUT2D eigenvalue weighted by atomic mass is 16.8. The largest absolute Gasteiger partial charge is 0.516 e. The fourth-order valence-electron chi connectivity index (χ4n) is 2.43. The third-order valence-electron chi connectivity index (χ3n) is 3.50. The highest BCUT2D eigenvalue weighted by molar-refractivity contribution is 5.64. The molecule has 2 saturated heterocycles. The monoisotopic (exact) mass is 295 g/mol. The van der Waals surface area contributed by atoms with E-state index in [9.17, 15) is 14.9 Å². The number of nitrogens with zero attached hydrogens (tertiary/aromatic N) is 1. The van der Waals surface area contributed by atoms with Crippen LogP contribution in [0, 0.1) is 16.0 Å². The van der Waals surface area contributed by atoms with Gasteiger partial charge in [-0.1, -0.05) is 0 Å². The second-order valence-corrected chi connectivity index (χ2v) is 4.78. The van der Waals surface area contributed by atoms with Crippen LogP contribution in [0.25, 0.3) is 0 Å². The maximum atomic E-state index is 11.7. The molecule has 8 heteroatoms. The van der Waals surface area contributed by atoms with Crippen LogP contribution in [-0.2, 0) is 14.2 Å². The first kappa shape index (κ1) is 13.8. The van der Waals surface area contributed by atoms with E-state index < -0.39 is 17.4 Å². The van der Waals surface area contributed by atoms with Gasteiger partial charge in [-0.3, -0.25) is 10.1 Å². The quantitative estimate of drug-likeness (QED) is 0.363. The van der Waals surface area contributed by atoms with E-state index >= 15 is 0 Å². The number of non-ortho nitro benzene ring substituents is 1. The zero-order chi connectivity index (χ0) is 14.8. The Labute approximate surface area is 119 Å². The Morgan fingerprint density at radius 3 is 2.76 bits per heavy atom. The molecule has 0 N–H and O–H groups in total. The van der Waals surface area contributed by atoms with Gasteiger partial charge in [-0.25, -0.2) is 4.79 Å². The van der Waals surface area contributed by atoms with Gasteiger partial charge in [0.2, 0.25) is 6.29 Å². The lowest BCUT2D eigenvalue weighted by molar-refractivity contribution is -0.384. The topological polar surface area (TPSA) is 97.1 Å². The Hall–Kier alpha value is -2.19. The van der Waals surface area contributed by atoms with E-state index in [0.29, 0.717) is 13.2 Å². The molecule has 0 amide bonds. The van der Waals surface area contributed by atoms with Gasteiger partial charge < -0.3 is 18.9 Å². The van der Waals surface area contributed by atoms with Gasteiger partial charge >= 0.3 is 6.16 Å². The number of rotatable bonds is 3. The standard InChI is InChI=1S/C13H13NO7/c15-13(20-9-3-1-8(2-4-9)14(16)17)21-12-10-5-6-18-11(10)7-19-12/h1-4,10-12H,5-7H2/t10-,11-,12-/m0/s1. The predicted octanol–water partition coefficient (Wildman–Crippen LogP) is 1.87. The first-order chi connectivity index (χ1) is 10.1. The Morgan fingerprint density at radius 1 is 1.29 bits per heavy atom. The number of nitro benzene ring substituents is 1. The van der Waals surface area contributed by atoms with Crippen molar-refractivity contribution >= 4 is 11.8 Å². The van der Waals surface area contributed by atoms with Gasteiger partial charge in [-0.2, -0.15) is 0 Å². The van der Waals surface area contributed by atoms with E-state index in [-0.39, 0.29) is 23.5 Å². The van der Waals surface area contributed by atoms with Crippen molar-refractivity contribution in [3.63, 3.8) is 0 Å². The van der Waals surface area contributed by atoms with Gasteiger partial charge in [0.25, 0.3) is 5.69 Å². The van der Waals surface area contributed by atoms with Crippen molar-refractivity contribution in [2.24, 2.45) is 5.92 Å². The van der Waals surface area contributed by atoms with Gasteiger partial charge in [0.05, 0.1) is 23.6 Å². The van der Waals surface area contributed by atoms with Crippen LogP contribution in [0.2, 0.25) is 0 Å². The van der Waals surface area contributed by atoms with Crippen LogP contribution < -0.4 is 4.74 Å². The summed E-state index contributed by atoms with van der Waals surface area (Å²) in [5.74, 6) is 0.206. The molecule has 2 aliphatic heterocycles. The second-order valence-electron chi connectivity index (χ2n) is 4.78. The number of hydrogen-bond acceptors (Lipinski definition) is 7. The van der Waals surface area contributed by atoms with E-state index in [0.717, 1.165) is 6.42 Å². The maximum Gasteiger partial charge on any atom is 0.516 e. The molecule has 2 heterocycles. The molecule has 3 atom stereocenters. The van der Waals surface area contributed by atoms with Crippen LogP contribution in [0.4, 0.5) is 10.5 Å². The van der Waals surface area contributed by atoms with Gasteiger partial charge in [0.15, 0.2) is 0 Å². The Morgan fingerprint density at radius 2 is 2.05 bits per heavy atom. The van der Waals surface area contributed by atoms with Crippen molar-refractivity contribution < 1.29 is 28.7 Å². The molecule has 0 unspecified atom stereocenters. The molecule has 0 spiro atoms. The molecule has 0 aromatic heterocycles. The summed E-state index contributed by atoms with van der Waals surface area (Å²) in [7, 11) is 0. The molecule has 2 fully saturated rings. The molecule has 2 aliphatic rings. The third-order valence-corrected chi connectivity index (χ3v) is 3.50. The second kappa shape index (κ2) is 5.66. The Kier molecular flexibility index (Phi) is 3.72. The molecule has 0 radical (unpaired) electrons. The number of carbonyl (C=O) groups excluding carboxylic acids is 1. The van der Waals surface area contributed by atoms with Crippen LogP contribution in [0.3, 0.4) is 0 Å². The van der Waals surface area contributed by atoms with Crippen LogP contribution in [0.1, 0.15) is 6.42 Å². The molecule has 8 nitrogen and oxygen atoms in total. The molecule has 0 aliphatic carbocycles. The summed E-state index contributed by atoms with van der Waals surface area (Å²) in [5.41, 5.74) is -0.0826. The Balaban J connectivity index is 1.55. The summed E-state index contributed by atoms with van der Waals surface area (Å²) in [6.45, 7) is 1.04. The van der Waals surface area contributed by atoms with Crippen molar-refractivity contribution in [1.82, 2.24) is 0 Å². The lowest BCUT2D eigenvalue weighted by Gasteiger charge is -2.15. The third kappa shape index (κ3) is 2.96. The van der Waals surface area contributed by atoms with Gasteiger partial charge in [-0.15, -0.1) is 0 Å². The highest BCUT2D eigenvalue weighted by Crippen LogP contribution is 2.33. The molecule has 0 saturated carbocycles. The van der Waals surface area contributed by atoms with E-state index in [1.807, 2.05) is 0 Å². The van der Waals surface area contributed by atoms with E-state index in [1.165, 1.54) is 24.3 Å². The fraction of sp³-hybridized carbons (Fsp3) is 0.462. The zero-order valence-electron chi connectivity index (χ0n) is 11.0. The first-order valence-electron chi connectivity index (χ1n) is 6.49. The van der Waals surface area contributed by atoms with Crippen molar-refractivity contribution in [1.29, 1.82) is 0 Å². The summed E-state index contributed by atoms with van der Waals surface area (Å²) in [6, 6.07) is 5.15. The number of ether oxygens (including phenoxy) is 4. The van der Waals surface area contributed by atoms with Crippen molar-refractivity contribution in [3.8, 4) is 5.75 Å². The minimum absolute atomic E-state index is 0.0258. The molecule has 0 bridgehead atoms. The van der Waals surface area contributed by atoms with Crippen LogP contribution in [0.15, 0.2) is 24.3 Å². The summed E-state index contributed by atoms with van der Waals surface area (Å²) in [5, 5.41) is 10.5. The number of fused-ring (bicyclic) bond motifs is 1. The lowest BCUT2D eigenvalue weighted by Crippen LogP contribution is -2.27. The summed E-state index contributed by atoms with van der Waals surface area (Å²) in [6.07, 6.45) is -0.813. The average molecular weight is 295 g/mol. The predicted molar refractivity (Wildman–Crippen MR) is 67.8 cm³/mol. The molecular weight excluding hydrogens is 282 g/mol. The number of nitro groups is 1. The van der Waals surface area contributed by atoms with E-state index in [2.05, 4.69) is 0 Å². The summed E-state index contributed by atoms with van der Waals surface area (Å²) >= 11 is 0. The summed E-state index contributed by atoms with van der Waals surface area (Å²) < 4.78 is 20.8. The van der Waals surface area contributed by atoms with Gasteiger partial charge in [0, 0.05) is 18.7 Å². The number of benzene rings is 1. The van der Waals surface area contributed by atoms with E-state index in [1.54, 1.807) is 0 Å². The fourth-order valence-corrected chi connectivity index (χ4v) is 2.43. The maximum absolute atomic E-state index is 11.7. The van der Waals surface area contributed by atoms with Gasteiger partial charge in [-0.05, 0) is 18.6 Å². The van der Waals surface area contributed by atoms with Crippen molar-refractivity contribution in [2.45, 2.75) is 18.8 Å². The number of hydrogen-bond donors (Lipinski definition) is 0. The van der Waals surface area contributed by atoms with Crippen molar-refractivity contribution in [2.75, 3.05) is 13.2 Å². The van der Waals surface area contributed by atoms with Gasteiger partial charge in [0.1, 0.15) is 5.75 Å². The molecule has 112 valence electrons. The number of carbonyl (C=O) groups is 1.